The molecule has 0 radical (unpaired) electrons. The number of H-pyrrole nitrogens is 1. The molecule has 0 aliphatic carbocycles. The van der Waals surface area contributed by atoms with Gasteiger partial charge in [0.2, 0.25) is 5.95 Å². The number of nitrogens with one attached hydrogen (secondary N) is 1. The summed E-state index contributed by atoms with van der Waals surface area (Å²) < 4.78 is 5.53. The van der Waals surface area contributed by atoms with Gasteiger partial charge in [0.05, 0.1) is 42.3 Å². The van der Waals surface area contributed by atoms with Gasteiger partial charge in [-0.05, 0) is 32.8 Å². The van der Waals surface area contributed by atoms with Crippen LogP contribution in [0.1, 0.15) is 46.7 Å². The number of piperidine rings is 1. The van der Waals surface area contributed by atoms with Crippen molar-refractivity contribution in [3.05, 3.63) is 51.4 Å². The minimum absolute atomic E-state index is 0.0269. The summed E-state index contributed by atoms with van der Waals surface area (Å²) in [5, 5.41) is 9.83. The van der Waals surface area contributed by atoms with E-state index in [0.717, 1.165) is 48.5 Å². The number of imidazole rings is 1. The van der Waals surface area contributed by atoms with Gasteiger partial charge in [-0.25, -0.2) is 9.97 Å². The molecule has 3 aromatic rings. The molecule has 5 rings (SSSR count). The highest BCUT2D eigenvalue weighted by atomic mass is 35.5. The second-order valence-electron chi connectivity index (χ2n) is 9.35. The number of carbonyl (C=O) groups is 1. The highest BCUT2D eigenvalue weighted by molar-refractivity contribution is 6.41. The number of aliphatic hydroxyl groups is 1. The van der Waals surface area contributed by atoms with Crippen LogP contribution in [-0.4, -0.2) is 67.1 Å². The number of nitrogens with zero attached hydrogens (tertiary/aromatic N) is 6. The van der Waals surface area contributed by atoms with Crippen molar-refractivity contribution in [1.82, 2.24) is 29.8 Å². The second kappa shape index (κ2) is 10.1. The number of halogens is 1. The number of aromatic nitrogens is 5. The number of hydrogen-bond acceptors (Lipinski definition) is 9. The van der Waals surface area contributed by atoms with Gasteiger partial charge in [0, 0.05) is 43.2 Å². The lowest BCUT2D eigenvalue weighted by molar-refractivity contribution is -0.113. The zero-order chi connectivity index (χ0) is 26.3. The summed E-state index contributed by atoms with van der Waals surface area (Å²) in [6.07, 6.45) is 6.48. The molecule has 37 heavy (non-hydrogen) atoms. The lowest BCUT2D eigenvalue weighted by Gasteiger charge is -2.28. The van der Waals surface area contributed by atoms with Crippen molar-refractivity contribution in [2.24, 2.45) is 0 Å². The third kappa shape index (κ3) is 4.89. The summed E-state index contributed by atoms with van der Waals surface area (Å²) in [6, 6.07) is 0. The van der Waals surface area contributed by atoms with Gasteiger partial charge in [0.25, 0.3) is 5.91 Å². The molecule has 4 N–H and O–H groups in total. The van der Waals surface area contributed by atoms with Crippen LogP contribution in [0.2, 0.25) is 5.15 Å². The van der Waals surface area contributed by atoms with Crippen molar-refractivity contribution in [3.63, 3.8) is 0 Å². The number of rotatable bonds is 6. The van der Waals surface area contributed by atoms with E-state index in [1.165, 1.54) is 4.90 Å². The Balaban J connectivity index is 1.46. The summed E-state index contributed by atoms with van der Waals surface area (Å²) in [6.45, 7) is 6.26. The first kappa shape index (κ1) is 25.1. The monoisotopic (exact) mass is 524 g/mol. The first-order valence-corrected chi connectivity index (χ1v) is 12.4. The maximum atomic E-state index is 13.7. The molecule has 194 valence electrons. The van der Waals surface area contributed by atoms with Gasteiger partial charge in [-0.2, -0.15) is 4.98 Å². The van der Waals surface area contributed by atoms with Gasteiger partial charge >= 0.3 is 0 Å². The van der Waals surface area contributed by atoms with E-state index >= 15 is 0 Å². The van der Waals surface area contributed by atoms with E-state index in [1.807, 2.05) is 20.0 Å². The molecule has 5 heterocycles. The van der Waals surface area contributed by atoms with Gasteiger partial charge in [-0.1, -0.05) is 11.6 Å². The van der Waals surface area contributed by atoms with Gasteiger partial charge < -0.3 is 20.6 Å². The second-order valence-corrected chi connectivity index (χ2v) is 9.71. The van der Waals surface area contributed by atoms with Crippen LogP contribution >= 0.6 is 11.6 Å². The number of anilines is 2. The molecule has 3 aromatic heterocycles. The molecule has 11 nitrogen and oxygen atoms in total. The number of methoxy groups -OCH3 is 1. The molecule has 1 saturated heterocycles. The van der Waals surface area contributed by atoms with Crippen LogP contribution in [0.15, 0.2) is 12.4 Å². The number of aliphatic hydroxyl groups excluding tert-OH is 1. The van der Waals surface area contributed by atoms with Crippen LogP contribution in [0.5, 0.6) is 5.75 Å². The normalized spacial score (nSPS) is 17.6. The number of likely N-dealkylation sites (tertiary alicyclic amines) is 1. The summed E-state index contributed by atoms with van der Waals surface area (Å²) in [5.74, 6) is 1.23. The van der Waals surface area contributed by atoms with E-state index < -0.39 is 0 Å². The van der Waals surface area contributed by atoms with E-state index in [1.54, 1.807) is 19.4 Å². The smallest absolute Gasteiger partial charge is 0.260 e. The van der Waals surface area contributed by atoms with Crippen LogP contribution in [0.3, 0.4) is 0 Å². The Morgan fingerprint density at radius 1 is 1.24 bits per heavy atom. The van der Waals surface area contributed by atoms with Crippen molar-refractivity contribution in [1.29, 1.82) is 0 Å². The number of aromatic amines is 1. The fourth-order valence-corrected chi connectivity index (χ4v) is 5.12. The number of carbonyl (C=O) groups excluding carboxylic acids is 1. The fourth-order valence-electron chi connectivity index (χ4n) is 4.85. The molecule has 0 spiro atoms. The third-order valence-corrected chi connectivity index (χ3v) is 7.07. The van der Waals surface area contributed by atoms with Crippen LogP contribution in [-0.2, 0) is 17.9 Å². The van der Waals surface area contributed by atoms with E-state index in [9.17, 15) is 9.90 Å². The quantitative estimate of drug-likeness (QED) is 0.327. The SMILES string of the molecule is COc1c(C)cnc(CN2C(=O)/C(=C\c3nc(CN4CCC(O)CC4)c[nH]3)c3c(Cl)nc(N)nc32)c1C. The van der Waals surface area contributed by atoms with E-state index in [-0.39, 0.29) is 29.7 Å². The summed E-state index contributed by atoms with van der Waals surface area (Å²) >= 11 is 6.47. The van der Waals surface area contributed by atoms with E-state index in [0.29, 0.717) is 35.0 Å². The Morgan fingerprint density at radius 2 is 2.00 bits per heavy atom. The van der Waals surface area contributed by atoms with Gasteiger partial charge in [0.15, 0.2) is 5.82 Å². The molecule has 0 bridgehead atoms. The lowest BCUT2D eigenvalue weighted by Crippen LogP contribution is -2.35. The predicted molar refractivity (Wildman–Crippen MR) is 140 cm³/mol. The summed E-state index contributed by atoms with van der Waals surface area (Å²) in [7, 11) is 1.61. The first-order chi connectivity index (χ1) is 17.7. The van der Waals surface area contributed by atoms with Crippen molar-refractivity contribution in [3.8, 4) is 5.75 Å². The maximum Gasteiger partial charge on any atom is 0.260 e. The zero-order valence-electron chi connectivity index (χ0n) is 21.0. The Morgan fingerprint density at radius 3 is 2.73 bits per heavy atom. The van der Waals surface area contributed by atoms with Crippen LogP contribution in [0, 0.1) is 13.8 Å². The summed E-state index contributed by atoms with van der Waals surface area (Å²) in [4.78, 5) is 38.2. The number of hydrogen-bond donors (Lipinski definition) is 3. The number of amides is 1. The Labute approximate surface area is 219 Å². The molecule has 1 amide bonds. The topological polar surface area (TPSA) is 146 Å². The van der Waals surface area contributed by atoms with Gasteiger partial charge in [0.1, 0.15) is 16.7 Å². The highest BCUT2D eigenvalue weighted by Crippen LogP contribution is 2.41. The third-order valence-electron chi connectivity index (χ3n) is 6.80. The number of ether oxygens (including phenoxy) is 1. The predicted octanol–water partition coefficient (Wildman–Crippen LogP) is 2.50. The van der Waals surface area contributed by atoms with Crippen molar-refractivity contribution < 1.29 is 14.6 Å². The number of aryl methyl sites for hydroxylation is 1. The largest absolute Gasteiger partial charge is 0.496 e. The minimum atomic E-state index is -0.305. The first-order valence-electron chi connectivity index (χ1n) is 12.1. The molecular formula is C25H29ClN8O3. The average molecular weight is 525 g/mol. The molecule has 2 aliphatic heterocycles. The van der Waals surface area contributed by atoms with E-state index in [2.05, 4.69) is 29.8 Å². The molecule has 0 saturated carbocycles. The molecule has 1 fully saturated rings. The average Bonchev–Trinajstić information content (AvgIpc) is 3.40. The van der Waals surface area contributed by atoms with Gasteiger partial charge in [-0.3, -0.25) is 19.6 Å². The molecule has 0 unspecified atom stereocenters. The molecule has 12 heteroatoms. The maximum absolute atomic E-state index is 13.7. The van der Waals surface area contributed by atoms with Crippen LogP contribution < -0.4 is 15.4 Å². The Kier molecular flexibility index (Phi) is 6.84. The molecule has 2 aliphatic rings. The molecule has 0 atom stereocenters. The Bertz CT molecular complexity index is 1380. The number of fused-ring (bicyclic) bond motifs is 1. The summed E-state index contributed by atoms with van der Waals surface area (Å²) in [5.41, 5.74) is 9.86. The molecule has 0 aromatic carbocycles. The van der Waals surface area contributed by atoms with Crippen molar-refractivity contribution in [2.75, 3.05) is 30.8 Å². The zero-order valence-corrected chi connectivity index (χ0v) is 21.7. The fraction of sp³-hybridized carbons (Fsp3) is 0.400. The van der Waals surface area contributed by atoms with Crippen molar-refractivity contribution >= 4 is 40.9 Å². The minimum Gasteiger partial charge on any atom is -0.496 e. The van der Waals surface area contributed by atoms with Gasteiger partial charge in [-0.15, -0.1) is 0 Å². The van der Waals surface area contributed by atoms with E-state index in [4.69, 9.17) is 22.1 Å². The van der Waals surface area contributed by atoms with Crippen LogP contribution in [0.4, 0.5) is 11.8 Å². The standard InChI is InChI=1S/C25H29ClN8O3/c1-13-9-28-18(14(2)21(13)37-3)12-34-23-20(22(26)31-25(27)32-23)17(24(34)36)8-19-29-10-15(30-19)11-33-6-4-16(35)5-7-33/h8-10,16,35H,4-7,11-12H2,1-3H3,(H,29,30)(H2,27,31,32)/b17-8-. The highest BCUT2D eigenvalue weighted by Gasteiger charge is 2.37. The lowest BCUT2D eigenvalue weighted by atomic mass is 10.1. The van der Waals surface area contributed by atoms with Crippen molar-refractivity contribution in [2.45, 2.75) is 45.9 Å². The Hall–Kier alpha value is -3.54. The van der Waals surface area contributed by atoms with Crippen LogP contribution in [0.25, 0.3) is 11.6 Å². The number of nitrogen functional groups attached to an aromatic ring is 1. The number of pyridine rings is 1. The molecular weight excluding hydrogens is 496 g/mol. The number of nitrogens with two attached hydrogens (primary N) is 1.